The zero-order chi connectivity index (χ0) is 9.68. The number of nitrogens with two attached hydrogens (primary N) is 1. The van der Waals surface area contributed by atoms with Crippen molar-refractivity contribution < 1.29 is 5.11 Å². The van der Waals surface area contributed by atoms with Crippen molar-refractivity contribution in [3.63, 3.8) is 0 Å². The minimum atomic E-state index is -0.480. The van der Waals surface area contributed by atoms with E-state index in [9.17, 15) is 5.11 Å². The molecule has 3 nitrogen and oxygen atoms in total. The Balaban J connectivity index is 2.53. The van der Waals surface area contributed by atoms with Crippen LogP contribution in [0.1, 0.15) is 19.8 Å². The first kappa shape index (κ1) is 9.86. The minimum Gasteiger partial charge on any atom is -0.399 e. The van der Waals surface area contributed by atoms with Crippen LogP contribution in [0.2, 0.25) is 0 Å². The molecule has 0 aromatic heterocycles. The molecule has 0 saturated heterocycles. The maximum Gasteiger partial charge on any atom is 0.124 e. The van der Waals surface area contributed by atoms with E-state index >= 15 is 0 Å². The van der Waals surface area contributed by atoms with Crippen LogP contribution in [0.5, 0.6) is 0 Å². The van der Waals surface area contributed by atoms with Crippen LogP contribution in [0.25, 0.3) is 0 Å². The van der Waals surface area contributed by atoms with Crippen molar-refractivity contribution in [2.45, 2.75) is 26.0 Å². The Bertz CT molecular complexity index is 263. The molecule has 0 amide bonds. The van der Waals surface area contributed by atoms with Crippen molar-refractivity contribution in [2.24, 2.45) is 0 Å². The Kier molecular flexibility index (Phi) is 3.58. The summed E-state index contributed by atoms with van der Waals surface area (Å²) in [4.78, 5) is 0. The molecule has 0 radical (unpaired) electrons. The van der Waals surface area contributed by atoms with Gasteiger partial charge in [-0.05, 0) is 24.6 Å². The summed E-state index contributed by atoms with van der Waals surface area (Å²) in [6, 6.07) is 7.36. The Labute approximate surface area is 78.6 Å². The predicted molar refractivity (Wildman–Crippen MR) is 55.4 cm³/mol. The molecular formula is C10H16N2O. The average Bonchev–Trinajstić information content (AvgIpc) is 2.04. The molecule has 0 fully saturated rings. The maximum absolute atomic E-state index is 9.44. The first-order valence-electron chi connectivity index (χ1n) is 4.52. The van der Waals surface area contributed by atoms with Crippen LogP contribution < -0.4 is 11.1 Å². The molecule has 0 bridgehead atoms. The lowest BCUT2D eigenvalue weighted by molar-refractivity contribution is 0.192. The second kappa shape index (κ2) is 4.72. The molecule has 0 aliphatic rings. The van der Waals surface area contributed by atoms with Crippen LogP contribution in [0.15, 0.2) is 24.3 Å². The molecule has 0 spiro atoms. The van der Waals surface area contributed by atoms with Gasteiger partial charge in [-0.1, -0.05) is 19.4 Å². The summed E-state index contributed by atoms with van der Waals surface area (Å²) < 4.78 is 0. The number of benzene rings is 1. The predicted octanol–water partition coefficient (Wildman–Crippen LogP) is 1.80. The van der Waals surface area contributed by atoms with E-state index in [2.05, 4.69) is 5.32 Å². The Morgan fingerprint density at radius 2 is 2.31 bits per heavy atom. The number of aliphatic hydroxyl groups excluding tert-OH is 1. The van der Waals surface area contributed by atoms with Crippen LogP contribution in [-0.4, -0.2) is 11.3 Å². The fourth-order valence-corrected chi connectivity index (χ4v) is 1.17. The number of hydrogen-bond acceptors (Lipinski definition) is 3. The number of nitrogens with one attached hydrogen (secondary N) is 1. The third kappa shape index (κ3) is 3.34. The summed E-state index contributed by atoms with van der Waals surface area (Å²) >= 11 is 0. The minimum absolute atomic E-state index is 0.480. The standard InChI is InChI=1S/C10H16N2O/c1-2-4-10(13)12-9-6-3-5-8(11)7-9/h3,5-7,10,12-13H,2,4,11H2,1H3. The lowest BCUT2D eigenvalue weighted by Crippen LogP contribution is -2.17. The molecule has 0 aliphatic carbocycles. The van der Waals surface area contributed by atoms with Gasteiger partial charge in [0, 0.05) is 11.4 Å². The highest BCUT2D eigenvalue weighted by Gasteiger charge is 2.01. The molecule has 1 atom stereocenters. The van der Waals surface area contributed by atoms with Gasteiger partial charge in [-0.15, -0.1) is 0 Å². The van der Waals surface area contributed by atoms with Crippen molar-refractivity contribution in [1.29, 1.82) is 0 Å². The van der Waals surface area contributed by atoms with Gasteiger partial charge in [0.2, 0.25) is 0 Å². The summed E-state index contributed by atoms with van der Waals surface area (Å²) in [6.07, 6.45) is 1.22. The van der Waals surface area contributed by atoms with E-state index in [1.807, 2.05) is 25.1 Å². The largest absolute Gasteiger partial charge is 0.399 e. The van der Waals surface area contributed by atoms with Crippen LogP contribution >= 0.6 is 0 Å². The molecule has 1 aromatic rings. The van der Waals surface area contributed by atoms with Gasteiger partial charge in [-0.3, -0.25) is 0 Å². The highest BCUT2D eigenvalue weighted by molar-refractivity contribution is 5.54. The van der Waals surface area contributed by atoms with Gasteiger partial charge in [0.05, 0.1) is 0 Å². The van der Waals surface area contributed by atoms with Crippen LogP contribution in [0.4, 0.5) is 11.4 Å². The molecule has 72 valence electrons. The van der Waals surface area contributed by atoms with Crippen LogP contribution in [0.3, 0.4) is 0 Å². The first-order valence-corrected chi connectivity index (χ1v) is 4.52. The molecule has 4 N–H and O–H groups in total. The number of aliphatic hydroxyl groups is 1. The second-order valence-electron chi connectivity index (χ2n) is 3.07. The number of hydrogen-bond donors (Lipinski definition) is 3. The summed E-state index contributed by atoms with van der Waals surface area (Å²) in [5.41, 5.74) is 7.15. The van der Waals surface area contributed by atoms with Gasteiger partial charge >= 0.3 is 0 Å². The topological polar surface area (TPSA) is 58.3 Å². The fourth-order valence-electron chi connectivity index (χ4n) is 1.17. The molecule has 3 heteroatoms. The SMILES string of the molecule is CCCC(O)Nc1cccc(N)c1. The van der Waals surface area contributed by atoms with Crippen molar-refractivity contribution in [1.82, 2.24) is 0 Å². The van der Waals surface area contributed by atoms with Crippen molar-refractivity contribution >= 4 is 11.4 Å². The lowest BCUT2D eigenvalue weighted by Gasteiger charge is -2.13. The molecule has 13 heavy (non-hydrogen) atoms. The van der Waals surface area contributed by atoms with E-state index in [1.54, 1.807) is 6.07 Å². The van der Waals surface area contributed by atoms with E-state index in [0.29, 0.717) is 5.69 Å². The monoisotopic (exact) mass is 180 g/mol. The Morgan fingerprint density at radius 1 is 1.54 bits per heavy atom. The van der Waals surface area contributed by atoms with E-state index < -0.39 is 6.23 Å². The molecule has 1 aromatic carbocycles. The fraction of sp³-hybridized carbons (Fsp3) is 0.400. The molecule has 0 saturated carbocycles. The smallest absolute Gasteiger partial charge is 0.124 e. The average molecular weight is 180 g/mol. The van der Waals surface area contributed by atoms with Gasteiger partial charge in [-0.25, -0.2) is 0 Å². The van der Waals surface area contributed by atoms with Crippen LogP contribution in [0, 0.1) is 0 Å². The zero-order valence-corrected chi connectivity index (χ0v) is 7.83. The highest BCUT2D eigenvalue weighted by atomic mass is 16.3. The normalized spacial score (nSPS) is 12.5. The lowest BCUT2D eigenvalue weighted by atomic mass is 10.2. The molecule has 1 unspecified atom stereocenters. The van der Waals surface area contributed by atoms with Gasteiger partial charge < -0.3 is 16.2 Å². The van der Waals surface area contributed by atoms with E-state index in [1.165, 1.54) is 0 Å². The van der Waals surface area contributed by atoms with Gasteiger partial charge in [0.25, 0.3) is 0 Å². The Morgan fingerprint density at radius 3 is 2.92 bits per heavy atom. The van der Waals surface area contributed by atoms with Gasteiger partial charge in [-0.2, -0.15) is 0 Å². The molecule has 0 heterocycles. The first-order chi connectivity index (χ1) is 6.22. The Hall–Kier alpha value is -1.22. The van der Waals surface area contributed by atoms with Gasteiger partial charge in [0.1, 0.15) is 6.23 Å². The van der Waals surface area contributed by atoms with Crippen LogP contribution in [-0.2, 0) is 0 Å². The van der Waals surface area contributed by atoms with E-state index in [-0.39, 0.29) is 0 Å². The maximum atomic E-state index is 9.44. The van der Waals surface area contributed by atoms with Crippen molar-refractivity contribution in [3.05, 3.63) is 24.3 Å². The van der Waals surface area contributed by atoms with Crippen molar-refractivity contribution in [3.8, 4) is 0 Å². The quantitative estimate of drug-likeness (QED) is 0.489. The number of rotatable bonds is 4. The summed E-state index contributed by atoms with van der Waals surface area (Å²) in [5, 5.41) is 12.4. The second-order valence-corrected chi connectivity index (χ2v) is 3.07. The third-order valence-corrected chi connectivity index (χ3v) is 1.78. The highest BCUT2D eigenvalue weighted by Crippen LogP contribution is 2.13. The summed E-state index contributed by atoms with van der Waals surface area (Å²) in [7, 11) is 0. The van der Waals surface area contributed by atoms with Crippen molar-refractivity contribution in [2.75, 3.05) is 11.1 Å². The van der Waals surface area contributed by atoms with E-state index in [4.69, 9.17) is 5.73 Å². The van der Waals surface area contributed by atoms with E-state index in [0.717, 1.165) is 18.5 Å². The zero-order valence-electron chi connectivity index (χ0n) is 7.83. The summed E-state index contributed by atoms with van der Waals surface area (Å²) in [5.74, 6) is 0. The molecule has 0 aliphatic heterocycles. The molecule has 1 rings (SSSR count). The number of nitrogen functional groups attached to an aromatic ring is 1. The van der Waals surface area contributed by atoms with Gasteiger partial charge in [0.15, 0.2) is 0 Å². The number of anilines is 2. The molecular weight excluding hydrogens is 164 g/mol. The summed E-state index contributed by atoms with van der Waals surface area (Å²) in [6.45, 7) is 2.03. The third-order valence-electron chi connectivity index (χ3n) is 1.78.